The van der Waals surface area contributed by atoms with Crippen LogP contribution in [0.4, 0.5) is 0 Å². The first-order valence-electron chi connectivity index (χ1n) is 8.20. The monoisotopic (exact) mass is 358 g/mol. The fourth-order valence-electron chi connectivity index (χ4n) is 2.36. The predicted molar refractivity (Wildman–Crippen MR) is 96.4 cm³/mol. The van der Waals surface area contributed by atoms with Crippen molar-refractivity contribution in [2.45, 2.75) is 20.0 Å². The van der Waals surface area contributed by atoms with Gasteiger partial charge in [-0.05, 0) is 50.2 Å². The number of carbonyl (C=O) groups is 2. The molecule has 0 saturated heterocycles. The highest BCUT2D eigenvalue weighted by Gasteiger charge is 2.22. The van der Waals surface area contributed by atoms with E-state index in [-0.39, 0.29) is 11.3 Å². The molecule has 0 saturated carbocycles. The molecule has 0 aromatic heterocycles. The van der Waals surface area contributed by atoms with Gasteiger partial charge in [-0.3, -0.25) is 4.79 Å². The summed E-state index contributed by atoms with van der Waals surface area (Å²) in [6.45, 7) is 3.96. The van der Waals surface area contributed by atoms with Crippen molar-refractivity contribution >= 4 is 11.8 Å². The Morgan fingerprint density at radius 1 is 0.962 bits per heavy atom. The van der Waals surface area contributed by atoms with Gasteiger partial charge in [0.15, 0.2) is 6.10 Å². The van der Waals surface area contributed by atoms with Gasteiger partial charge in [-0.2, -0.15) is 0 Å². The van der Waals surface area contributed by atoms with Gasteiger partial charge in [0.1, 0.15) is 22.8 Å². The summed E-state index contributed by atoms with van der Waals surface area (Å²) in [5.74, 6) is 0.605. The van der Waals surface area contributed by atoms with Crippen molar-refractivity contribution in [3.8, 4) is 17.2 Å². The third kappa shape index (κ3) is 4.53. The number of benzene rings is 2. The molecule has 0 heterocycles. The van der Waals surface area contributed by atoms with Crippen LogP contribution in [0.25, 0.3) is 0 Å². The molecule has 0 aliphatic heterocycles. The Labute approximate surface area is 152 Å². The highest BCUT2D eigenvalue weighted by Crippen LogP contribution is 2.25. The van der Waals surface area contributed by atoms with E-state index in [2.05, 4.69) is 0 Å². The van der Waals surface area contributed by atoms with Gasteiger partial charge in [0.25, 0.3) is 0 Å². The molecular formula is C20H22O6. The van der Waals surface area contributed by atoms with Crippen LogP contribution < -0.4 is 14.2 Å². The summed E-state index contributed by atoms with van der Waals surface area (Å²) >= 11 is 0. The second-order valence-electron chi connectivity index (χ2n) is 5.44. The summed E-state index contributed by atoms with van der Waals surface area (Å²) in [5, 5.41) is 0. The topological polar surface area (TPSA) is 71.1 Å². The lowest BCUT2D eigenvalue weighted by Gasteiger charge is -2.14. The van der Waals surface area contributed by atoms with Gasteiger partial charge in [-0.1, -0.05) is 0 Å². The van der Waals surface area contributed by atoms with E-state index in [1.807, 2.05) is 6.92 Å². The molecule has 0 aliphatic carbocycles. The predicted octanol–water partition coefficient (Wildman–Crippen LogP) is 3.53. The molecule has 0 spiro atoms. The molecule has 6 nitrogen and oxygen atoms in total. The highest BCUT2D eigenvalue weighted by atomic mass is 16.5. The van der Waals surface area contributed by atoms with Crippen LogP contribution in [0.5, 0.6) is 17.2 Å². The zero-order valence-electron chi connectivity index (χ0n) is 15.3. The lowest BCUT2D eigenvalue weighted by atomic mass is 10.1. The number of hydrogen-bond acceptors (Lipinski definition) is 6. The maximum absolute atomic E-state index is 12.5. The Kier molecular flexibility index (Phi) is 6.60. The minimum absolute atomic E-state index is 0.222. The first-order valence-corrected chi connectivity index (χ1v) is 8.20. The summed E-state index contributed by atoms with van der Waals surface area (Å²) in [6, 6.07) is 11.4. The minimum atomic E-state index is -0.938. The third-order valence-electron chi connectivity index (χ3n) is 3.73. The van der Waals surface area contributed by atoms with Crippen molar-refractivity contribution in [2.75, 3.05) is 20.8 Å². The van der Waals surface area contributed by atoms with E-state index in [1.165, 1.54) is 27.2 Å². The highest BCUT2D eigenvalue weighted by molar-refractivity contribution is 6.02. The van der Waals surface area contributed by atoms with E-state index in [0.717, 1.165) is 0 Å². The number of hydrogen-bond donors (Lipinski definition) is 0. The Balaban J connectivity index is 2.09. The van der Waals surface area contributed by atoms with Crippen molar-refractivity contribution in [3.05, 3.63) is 53.6 Å². The van der Waals surface area contributed by atoms with Crippen LogP contribution in [0.3, 0.4) is 0 Å². The summed E-state index contributed by atoms with van der Waals surface area (Å²) in [4.78, 5) is 24.9. The van der Waals surface area contributed by atoms with E-state index < -0.39 is 12.1 Å². The Morgan fingerprint density at radius 3 is 2.19 bits per heavy atom. The van der Waals surface area contributed by atoms with Gasteiger partial charge in [0.2, 0.25) is 5.78 Å². The van der Waals surface area contributed by atoms with E-state index in [1.54, 1.807) is 36.4 Å². The number of Topliss-reactive ketones (excluding diaryl/α,β-unsaturated/α-hetero) is 1. The molecule has 138 valence electrons. The van der Waals surface area contributed by atoms with E-state index in [9.17, 15) is 9.59 Å². The van der Waals surface area contributed by atoms with Crippen LogP contribution in [0, 0.1) is 0 Å². The number of rotatable bonds is 8. The minimum Gasteiger partial charge on any atom is -0.497 e. The Hall–Kier alpha value is -3.02. The van der Waals surface area contributed by atoms with Gasteiger partial charge in [0, 0.05) is 11.6 Å². The SMILES string of the molecule is CCOc1ccc(C(=O)[C@@H](C)OC(=O)c2ccc(OC)cc2OC)cc1. The quantitative estimate of drug-likeness (QED) is 0.531. The third-order valence-corrected chi connectivity index (χ3v) is 3.73. The molecular weight excluding hydrogens is 336 g/mol. The molecule has 26 heavy (non-hydrogen) atoms. The maximum Gasteiger partial charge on any atom is 0.342 e. The van der Waals surface area contributed by atoms with Gasteiger partial charge in [0.05, 0.1) is 20.8 Å². The number of carbonyl (C=O) groups excluding carboxylic acids is 2. The van der Waals surface area contributed by atoms with Crippen molar-refractivity contribution in [1.82, 2.24) is 0 Å². The fraction of sp³-hybridized carbons (Fsp3) is 0.300. The first kappa shape index (κ1) is 19.3. The first-order chi connectivity index (χ1) is 12.5. The molecule has 2 rings (SSSR count). The summed E-state index contributed by atoms with van der Waals surface area (Å²) in [5.41, 5.74) is 0.662. The number of methoxy groups -OCH3 is 2. The number of esters is 1. The number of ketones is 1. The molecule has 1 atom stereocenters. The van der Waals surface area contributed by atoms with Gasteiger partial charge >= 0.3 is 5.97 Å². The second-order valence-corrected chi connectivity index (χ2v) is 5.44. The molecule has 0 amide bonds. The van der Waals surface area contributed by atoms with Crippen LogP contribution in [0.2, 0.25) is 0 Å². The average molecular weight is 358 g/mol. The summed E-state index contributed by atoms with van der Waals surface area (Å²) in [6.07, 6.45) is -0.938. The van der Waals surface area contributed by atoms with E-state index in [4.69, 9.17) is 18.9 Å². The Bertz CT molecular complexity index is 766. The molecule has 0 fully saturated rings. The zero-order valence-corrected chi connectivity index (χ0v) is 15.3. The molecule has 0 bridgehead atoms. The molecule has 6 heteroatoms. The normalized spacial score (nSPS) is 11.4. The smallest absolute Gasteiger partial charge is 0.342 e. The maximum atomic E-state index is 12.5. The lowest BCUT2D eigenvalue weighted by molar-refractivity contribution is 0.0316. The molecule has 0 radical (unpaired) electrons. The van der Waals surface area contributed by atoms with Crippen LogP contribution in [-0.2, 0) is 4.74 Å². The molecule has 0 N–H and O–H groups in total. The fourth-order valence-corrected chi connectivity index (χ4v) is 2.36. The molecule has 0 unspecified atom stereocenters. The van der Waals surface area contributed by atoms with E-state index >= 15 is 0 Å². The van der Waals surface area contributed by atoms with Crippen molar-refractivity contribution in [3.63, 3.8) is 0 Å². The molecule has 0 aliphatic rings. The van der Waals surface area contributed by atoms with Crippen LogP contribution >= 0.6 is 0 Å². The standard InChI is InChI=1S/C20H22O6/c1-5-25-15-8-6-14(7-9-15)19(21)13(2)26-20(22)17-11-10-16(23-3)12-18(17)24-4/h6-13H,5H2,1-4H3/t13-/m1/s1. The zero-order chi connectivity index (χ0) is 19.1. The summed E-state index contributed by atoms with van der Waals surface area (Å²) < 4.78 is 20.9. The van der Waals surface area contributed by atoms with Crippen molar-refractivity contribution in [2.24, 2.45) is 0 Å². The van der Waals surface area contributed by atoms with Crippen molar-refractivity contribution in [1.29, 1.82) is 0 Å². The second kappa shape index (κ2) is 8.89. The van der Waals surface area contributed by atoms with Crippen LogP contribution in [0.15, 0.2) is 42.5 Å². The lowest BCUT2D eigenvalue weighted by Crippen LogP contribution is -2.24. The number of ether oxygens (including phenoxy) is 4. The average Bonchev–Trinajstić information content (AvgIpc) is 2.67. The summed E-state index contributed by atoms with van der Waals surface area (Å²) in [7, 11) is 2.96. The van der Waals surface area contributed by atoms with Crippen LogP contribution in [0.1, 0.15) is 34.6 Å². The van der Waals surface area contributed by atoms with Crippen molar-refractivity contribution < 1.29 is 28.5 Å². The molecule has 2 aromatic rings. The van der Waals surface area contributed by atoms with Gasteiger partial charge < -0.3 is 18.9 Å². The van der Waals surface area contributed by atoms with Gasteiger partial charge in [-0.25, -0.2) is 4.79 Å². The van der Waals surface area contributed by atoms with Gasteiger partial charge in [-0.15, -0.1) is 0 Å². The van der Waals surface area contributed by atoms with E-state index in [0.29, 0.717) is 29.4 Å². The van der Waals surface area contributed by atoms with Crippen LogP contribution in [-0.4, -0.2) is 38.7 Å². The Morgan fingerprint density at radius 2 is 1.62 bits per heavy atom. The largest absolute Gasteiger partial charge is 0.497 e. The molecule has 2 aromatic carbocycles.